The van der Waals surface area contributed by atoms with E-state index in [1.54, 1.807) is 19.1 Å². The minimum atomic E-state index is -0.440. The molecule has 1 atom stereocenters. The Labute approximate surface area is 77.0 Å². The Morgan fingerprint density at radius 2 is 1.92 bits per heavy atom. The Morgan fingerprint density at radius 1 is 1.38 bits per heavy atom. The molecule has 1 aromatic carbocycles. The van der Waals surface area contributed by atoms with Crippen molar-refractivity contribution >= 4 is 5.78 Å². The maximum absolute atomic E-state index is 10.8. The highest BCUT2D eigenvalue weighted by molar-refractivity contribution is 5.80. The van der Waals surface area contributed by atoms with Gasteiger partial charge in [0.15, 0.2) is 11.9 Å². The SMILES string of the molecule is CC(=O)C(C)Oc1ccc(O)cc1. The Hall–Kier alpha value is -1.51. The molecule has 0 aliphatic heterocycles. The van der Waals surface area contributed by atoms with Crippen molar-refractivity contribution in [3.05, 3.63) is 24.3 Å². The average molecular weight is 180 g/mol. The first-order valence-electron chi connectivity index (χ1n) is 4.05. The second-order valence-corrected chi connectivity index (χ2v) is 2.86. The summed E-state index contributed by atoms with van der Waals surface area (Å²) in [5, 5.41) is 8.98. The van der Waals surface area contributed by atoms with Gasteiger partial charge in [0.05, 0.1) is 0 Å². The Kier molecular flexibility index (Phi) is 2.90. The molecule has 0 aliphatic rings. The number of ether oxygens (including phenoxy) is 1. The third-order valence-electron chi connectivity index (χ3n) is 1.72. The van der Waals surface area contributed by atoms with Crippen LogP contribution in [0.15, 0.2) is 24.3 Å². The number of benzene rings is 1. The molecule has 0 saturated heterocycles. The normalized spacial score (nSPS) is 12.2. The van der Waals surface area contributed by atoms with Gasteiger partial charge < -0.3 is 9.84 Å². The zero-order chi connectivity index (χ0) is 9.84. The minimum Gasteiger partial charge on any atom is -0.508 e. The fourth-order valence-electron chi connectivity index (χ4n) is 0.812. The number of carbonyl (C=O) groups excluding carboxylic acids is 1. The number of ketones is 1. The summed E-state index contributed by atoms with van der Waals surface area (Å²) >= 11 is 0. The van der Waals surface area contributed by atoms with Crippen molar-refractivity contribution in [2.75, 3.05) is 0 Å². The topological polar surface area (TPSA) is 46.5 Å². The first-order valence-corrected chi connectivity index (χ1v) is 4.05. The summed E-state index contributed by atoms with van der Waals surface area (Å²) < 4.78 is 5.27. The number of rotatable bonds is 3. The minimum absolute atomic E-state index is 0.0203. The van der Waals surface area contributed by atoms with Crippen LogP contribution in [0.2, 0.25) is 0 Å². The fourth-order valence-corrected chi connectivity index (χ4v) is 0.812. The lowest BCUT2D eigenvalue weighted by atomic mass is 10.3. The molecule has 0 radical (unpaired) electrons. The lowest BCUT2D eigenvalue weighted by molar-refractivity contribution is -0.122. The van der Waals surface area contributed by atoms with Gasteiger partial charge in [-0.15, -0.1) is 0 Å². The van der Waals surface area contributed by atoms with Crippen LogP contribution in [0.1, 0.15) is 13.8 Å². The van der Waals surface area contributed by atoms with E-state index in [1.807, 2.05) is 0 Å². The van der Waals surface area contributed by atoms with E-state index in [0.29, 0.717) is 5.75 Å². The lowest BCUT2D eigenvalue weighted by Gasteiger charge is -2.10. The second kappa shape index (κ2) is 3.94. The van der Waals surface area contributed by atoms with Gasteiger partial charge in [0.1, 0.15) is 11.5 Å². The number of phenolic OH excluding ortho intramolecular Hbond substituents is 1. The molecule has 3 nitrogen and oxygen atoms in total. The van der Waals surface area contributed by atoms with E-state index < -0.39 is 6.10 Å². The summed E-state index contributed by atoms with van der Waals surface area (Å²) in [4.78, 5) is 10.8. The molecule has 0 fully saturated rings. The molecular weight excluding hydrogens is 168 g/mol. The van der Waals surface area contributed by atoms with E-state index in [1.165, 1.54) is 19.1 Å². The standard InChI is InChI=1S/C10H12O3/c1-7(11)8(2)13-10-5-3-9(12)4-6-10/h3-6,8,12H,1-2H3. The summed E-state index contributed by atoms with van der Waals surface area (Å²) in [6.07, 6.45) is -0.440. The van der Waals surface area contributed by atoms with Crippen molar-refractivity contribution in [1.29, 1.82) is 0 Å². The van der Waals surface area contributed by atoms with Crippen LogP contribution in [0.5, 0.6) is 11.5 Å². The summed E-state index contributed by atoms with van der Waals surface area (Å²) in [6.45, 7) is 3.17. The van der Waals surface area contributed by atoms with Crippen molar-refractivity contribution in [1.82, 2.24) is 0 Å². The van der Waals surface area contributed by atoms with Gasteiger partial charge in [0.2, 0.25) is 0 Å². The van der Waals surface area contributed by atoms with Gasteiger partial charge in [0.25, 0.3) is 0 Å². The average Bonchev–Trinajstić information content (AvgIpc) is 2.08. The predicted octanol–water partition coefficient (Wildman–Crippen LogP) is 1.75. The lowest BCUT2D eigenvalue weighted by Crippen LogP contribution is -2.20. The van der Waals surface area contributed by atoms with Gasteiger partial charge >= 0.3 is 0 Å². The maximum atomic E-state index is 10.8. The monoisotopic (exact) mass is 180 g/mol. The van der Waals surface area contributed by atoms with Crippen molar-refractivity contribution in [2.45, 2.75) is 20.0 Å². The number of Topliss-reactive ketones (excluding diaryl/α,β-unsaturated/α-hetero) is 1. The van der Waals surface area contributed by atoms with E-state index >= 15 is 0 Å². The highest BCUT2D eigenvalue weighted by Gasteiger charge is 2.08. The molecule has 0 aliphatic carbocycles. The zero-order valence-electron chi connectivity index (χ0n) is 7.65. The number of aromatic hydroxyl groups is 1. The van der Waals surface area contributed by atoms with Crippen LogP contribution in [0.4, 0.5) is 0 Å². The molecule has 3 heteroatoms. The van der Waals surface area contributed by atoms with Crippen LogP contribution in [-0.2, 0) is 4.79 Å². The van der Waals surface area contributed by atoms with E-state index in [0.717, 1.165) is 0 Å². The molecule has 1 rings (SSSR count). The van der Waals surface area contributed by atoms with E-state index in [-0.39, 0.29) is 11.5 Å². The quantitative estimate of drug-likeness (QED) is 0.770. The van der Waals surface area contributed by atoms with E-state index in [2.05, 4.69) is 0 Å². The van der Waals surface area contributed by atoms with Crippen molar-refractivity contribution in [3.63, 3.8) is 0 Å². The molecule has 0 bridgehead atoms. The third kappa shape index (κ3) is 2.78. The molecular formula is C10H12O3. The Morgan fingerprint density at radius 3 is 2.38 bits per heavy atom. The smallest absolute Gasteiger partial charge is 0.169 e. The molecule has 0 amide bonds. The summed E-state index contributed by atoms with van der Waals surface area (Å²) in [7, 11) is 0. The molecule has 0 heterocycles. The molecule has 13 heavy (non-hydrogen) atoms. The van der Waals surface area contributed by atoms with Gasteiger partial charge in [-0.2, -0.15) is 0 Å². The van der Waals surface area contributed by atoms with Crippen LogP contribution in [0.3, 0.4) is 0 Å². The predicted molar refractivity (Wildman–Crippen MR) is 48.9 cm³/mol. The molecule has 70 valence electrons. The number of hydrogen-bond acceptors (Lipinski definition) is 3. The molecule has 0 aromatic heterocycles. The summed E-state index contributed by atoms with van der Waals surface area (Å²) in [6, 6.07) is 6.27. The van der Waals surface area contributed by atoms with Crippen molar-refractivity contribution < 1.29 is 14.6 Å². The molecule has 0 spiro atoms. The van der Waals surface area contributed by atoms with Gasteiger partial charge in [-0.05, 0) is 38.1 Å². The third-order valence-corrected chi connectivity index (χ3v) is 1.72. The van der Waals surface area contributed by atoms with Crippen LogP contribution in [-0.4, -0.2) is 17.0 Å². The first kappa shape index (κ1) is 9.58. The van der Waals surface area contributed by atoms with Gasteiger partial charge in [-0.3, -0.25) is 4.79 Å². The molecule has 0 saturated carbocycles. The van der Waals surface area contributed by atoms with E-state index in [4.69, 9.17) is 9.84 Å². The molecule has 1 unspecified atom stereocenters. The largest absolute Gasteiger partial charge is 0.508 e. The van der Waals surface area contributed by atoms with Crippen LogP contribution in [0.25, 0.3) is 0 Å². The van der Waals surface area contributed by atoms with Gasteiger partial charge in [0, 0.05) is 0 Å². The van der Waals surface area contributed by atoms with Gasteiger partial charge in [-0.25, -0.2) is 0 Å². The number of carbonyl (C=O) groups is 1. The molecule has 1 aromatic rings. The first-order chi connectivity index (χ1) is 6.09. The summed E-state index contributed by atoms with van der Waals surface area (Å²) in [5.41, 5.74) is 0. The zero-order valence-corrected chi connectivity index (χ0v) is 7.65. The number of phenols is 1. The van der Waals surface area contributed by atoms with E-state index in [9.17, 15) is 4.79 Å². The van der Waals surface area contributed by atoms with Crippen molar-refractivity contribution in [2.24, 2.45) is 0 Å². The Balaban J connectivity index is 2.64. The van der Waals surface area contributed by atoms with Gasteiger partial charge in [-0.1, -0.05) is 0 Å². The van der Waals surface area contributed by atoms with Crippen molar-refractivity contribution in [3.8, 4) is 11.5 Å². The second-order valence-electron chi connectivity index (χ2n) is 2.86. The highest BCUT2D eigenvalue weighted by Crippen LogP contribution is 2.17. The van der Waals surface area contributed by atoms with Crippen LogP contribution >= 0.6 is 0 Å². The highest BCUT2D eigenvalue weighted by atomic mass is 16.5. The Bertz CT molecular complexity index is 290. The molecule has 1 N–H and O–H groups in total. The van der Waals surface area contributed by atoms with Crippen LogP contribution < -0.4 is 4.74 Å². The number of hydrogen-bond donors (Lipinski definition) is 1. The maximum Gasteiger partial charge on any atom is 0.169 e. The summed E-state index contributed by atoms with van der Waals surface area (Å²) in [5.74, 6) is 0.747. The fraction of sp³-hybridized carbons (Fsp3) is 0.300. The van der Waals surface area contributed by atoms with Crippen LogP contribution in [0, 0.1) is 0 Å².